The molecule has 0 radical (unpaired) electrons. The fourth-order valence-corrected chi connectivity index (χ4v) is 16.1. The summed E-state index contributed by atoms with van der Waals surface area (Å²) in [6.07, 6.45) is 0. The number of benzene rings is 13. The fourth-order valence-electron chi connectivity index (χ4n) is 13.6. The molecule has 0 aliphatic rings. The SMILES string of the molecule is c1ccc(-c2cc(-c3ccccc3)nc(-c3ccc(-n4c5ccccc5c5ccc(-c6cccc7c6sc6ccccc67)cc54)cc3)n2)cc1.c1ccc(-c2cc(-c3ccccc3)nc(-n3c4ccccc4c4cc(-c5cccc6c5sc5ccccc56)ccc43)n2)cc1. The predicted octanol–water partition coefficient (Wildman–Crippen LogP) is 23.6. The average Bonchev–Trinajstić information content (AvgIpc) is 1.58. The number of thiophene rings is 2. The van der Waals surface area contributed by atoms with Crippen molar-refractivity contribution < 1.29 is 0 Å². The first-order valence-electron chi connectivity index (χ1n) is 31.6. The first-order chi connectivity index (χ1) is 46.6. The summed E-state index contributed by atoms with van der Waals surface area (Å²) in [5, 5.41) is 10.1. The molecule has 440 valence electrons. The maximum atomic E-state index is 5.17. The third kappa shape index (κ3) is 9.62. The minimum Gasteiger partial charge on any atom is -0.309 e. The van der Waals surface area contributed by atoms with Gasteiger partial charge in [-0.2, -0.15) is 0 Å². The summed E-state index contributed by atoms with van der Waals surface area (Å²) < 4.78 is 9.89. The molecule has 6 nitrogen and oxygen atoms in total. The zero-order valence-electron chi connectivity index (χ0n) is 50.7. The first kappa shape index (κ1) is 54.9. The monoisotopic (exact) mass is 1230 g/mol. The smallest absolute Gasteiger partial charge is 0.235 e. The largest absolute Gasteiger partial charge is 0.309 e. The number of hydrogen-bond donors (Lipinski definition) is 0. The average molecular weight is 1240 g/mol. The van der Waals surface area contributed by atoms with Crippen molar-refractivity contribution in [2.75, 3.05) is 0 Å². The van der Waals surface area contributed by atoms with E-state index in [0.717, 1.165) is 67.3 Å². The summed E-state index contributed by atoms with van der Waals surface area (Å²) in [5.41, 5.74) is 19.4. The van der Waals surface area contributed by atoms with E-state index in [2.05, 4.69) is 288 Å². The van der Waals surface area contributed by atoms with E-state index in [1.807, 2.05) is 71.2 Å². The molecule has 0 aliphatic heterocycles. The van der Waals surface area contributed by atoms with Crippen molar-refractivity contribution in [3.8, 4) is 90.3 Å². The summed E-state index contributed by atoms with van der Waals surface area (Å²) in [4.78, 5) is 20.5. The Hall–Kier alpha value is -11.9. The second-order valence-electron chi connectivity index (χ2n) is 23.6. The molecule has 0 saturated carbocycles. The van der Waals surface area contributed by atoms with Gasteiger partial charge in [-0.1, -0.05) is 249 Å². The molecule has 0 spiro atoms. The third-order valence-corrected chi connectivity index (χ3v) is 20.5. The van der Waals surface area contributed by atoms with Gasteiger partial charge >= 0.3 is 0 Å². The number of nitrogens with zero attached hydrogens (tertiary/aromatic N) is 6. The van der Waals surface area contributed by atoms with Gasteiger partial charge in [0.2, 0.25) is 5.95 Å². The van der Waals surface area contributed by atoms with Crippen molar-refractivity contribution >= 4 is 107 Å². The van der Waals surface area contributed by atoms with Gasteiger partial charge in [0.25, 0.3) is 0 Å². The lowest BCUT2D eigenvalue weighted by molar-refractivity contribution is 0.995. The third-order valence-electron chi connectivity index (χ3n) is 18.1. The van der Waals surface area contributed by atoms with Crippen molar-refractivity contribution in [2.45, 2.75) is 0 Å². The molecular weight excluding hydrogens is 1180 g/mol. The molecular formula is C86H54N6S2. The van der Waals surface area contributed by atoms with Crippen LogP contribution in [0.2, 0.25) is 0 Å². The van der Waals surface area contributed by atoms with Gasteiger partial charge in [-0.05, 0) is 101 Å². The molecule has 0 amide bonds. The van der Waals surface area contributed by atoms with Crippen LogP contribution in [0.1, 0.15) is 0 Å². The zero-order valence-corrected chi connectivity index (χ0v) is 52.3. The van der Waals surface area contributed by atoms with Gasteiger partial charge in [0.15, 0.2) is 5.82 Å². The van der Waals surface area contributed by atoms with E-state index in [4.69, 9.17) is 19.9 Å². The van der Waals surface area contributed by atoms with Crippen LogP contribution >= 0.6 is 22.7 Å². The number of hydrogen-bond acceptors (Lipinski definition) is 6. The zero-order chi connectivity index (χ0) is 62.1. The van der Waals surface area contributed by atoms with Crippen LogP contribution in [-0.2, 0) is 0 Å². The van der Waals surface area contributed by atoms with Crippen molar-refractivity contribution in [1.82, 2.24) is 29.1 Å². The van der Waals surface area contributed by atoms with E-state index in [0.29, 0.717) is 11.8 Å². The van der Waals surface area contributed by atoms with E-state index >= 15 is 0 Å². The molecule has 6 heterocycles. The summed E-state index contributed by atoms with van der Waals surface area (Å²) in [6.45, 7) is 0. The maximum absolute atomic E-state index is 5.17. The highest BCUT2D eigenvalue weighted by Gasteiger charge is 2.21. The molecule has 19 aromatic rings. The number of rotatable bonds is 9. The van der Waals surface area contributed by atoms with Crippen LogP contribution in [0.4, 0.5) is 0 Å². The van der Waals surface area contributed by atoms with Crippen LogP contribution in [0, 0.1) is 0 Å². The summed E-state index contributed by atoms with van der Waals surface area (Å²) in [6, 6.07) is 116. The van der Waals surface area contributed by atoms with Gasteiger partial charge in [-0.25, -0.2) is 19.9 Å². The van der Waals surface area contributed by atoms with Crippen molar-refractivity contribution in [3.63, 3.8) is 0 Å². The van der Waals surface area contributed by atoms with Gasteiger partial charge in [0.1, 0.15) is 0 Å². The van der Waals surface area contributed by atoms with Crippen LogP contribution in [0.15, 0.2) is 328 Å². The molecule has 13 aromatic carbocycles. The number of fused-ring (bicyclic) bond motifs is 12. The summed E-state index contributed by atoms with van der Waals surface area (Å²) in [7, 11) is 0. The molecule has 0 saturated heterocycles. The van der Waals surface area contributed by atoms with Gasteiger partial charge in [-0.3, -0.25) is 4.57 Å². The highest BCUT2D eigenvalue weighted by Crippen LogP contribution is 2.45. The predicted molar refractivity (Wildman–Crippen MR) is 397 cm³/mol. The molecule has 8 heteroatoms. The molecule has 6 aromatic heterocycles. The van der Waals surface area contributed by atoms with Crippen LogP contribution in [0.5, 0.6) is 0 Å². The number of aromatic nitrogens is 6. The van der Waals surface area contributed by atoms with Crippen LogP contribution in [-0.4, -0.2) is 29.1 Å². The molecule has 19 rings (SSSR count). The van der Waals surface area contributed by atoms with E-state index in [-0.39, 0.29) is 0 Å². The molecule has 0 bridgehead atoms. The minimum absolute atomic E-state index is 0.663. The highest BCUT2D eigenvalue weighted by molar-refractivity contribution is 7.26. The Kier molecular flexibility index (Phi) is 13.5. The summed E-state index contributed by atoms with van der Waals surface area (Å²) in [5.74, 6) is 1.37. The van der Waals surface area contributed by atoms with Gasteiger partial charge in [-0.15, -0.1) is 22.7 Å². The second kappa shape index (κ2) is 23.1. The molecule has 0 N–H and O–H groups in total. The molecule has 0 fully saturated rings. The first-order valence-corrected chi connectivity index (χ1v) is 33.2. The Bertz CT molecular complexity index is 5980. The quantitative estimate of drug-likeness (QED) is 0.144. The lowest BCUT2D eigenvalue weighted by Gasteiger charge is -2.12. The minimum atomic E-state index is 0.663. The Morgan fingerprint density at radius 1 is 0.223 bits per heavy atom. The lowest BCUT2D eigenvalue weighted by Crippen LogP contribution is -2.03. The Morgan fingerprint density at radius 3 is 1.13 bits per heavy atom. The summed E-state index contributed by atoms with van der Waals surface area (Å²) >= 11 is 3.74. The molecule has 94 heavy (non-hydrogen) atoms. The van der Waals surface area contributed by atoms with Crippen molar-refractivity contribution in [2.24, 2.45) is 0 Å². The van der Waals surface area contributed by atoms with Crippen molar-refractivity contribution in [1.29, 1.82) is 0 Å². The Morgan fingerprint density at radius 2 is 0.606 bits per heavy atom. The van der Waals surface area contributed by atoms with Crippen LogP contribution < -0.4 is 0 Å². The van der Waals surface area contributed by atoms with E-state index in [1.165, 1.54) is 95.2 Å². The molecule has 0 atom stereocenters. The second-order valence-corrected chi connectivity index (χ2v) is 25.7. The van der Waals surface area contributed by atoms with E-state index in [1.54, 1.807) is 0 Å². The highest BCUT2D eigenvalue weighted by atomic mass is 32.1. The topological polar surface area (TPSA) is 61.4 Å². The van der Waals surface area contributed by atoms with E-state index in [9.17, 15) is 0 Å². The van der Waals surface area contributed by atoms with E-state index < -0.39 is 0 Å². The fraction of sp³-hybridized carbons (Fsp3) is 0. The van der Waals surface area contributed by atoms with Gasteiger partial charge < -0.3 is 4.57 Å². The Balaban J connectivity index is 0.000000139. The van der Waals surface area contributed by atoms with Crippen LogP contribution in [0.3, 0.4) is 0 Å². The lowest BCUT2D eigenvalue weighted by atomic mass is 10.0. The van der Waals surface area contributed by atoms with Gasteiger partial charge in [0, 0.05) is 95.4 Å². The Labute approximate surface area is 549 Å². The standard InChI is InChI=1S/C46H29N3S.C40H25N3S/c1-3-12-30(13-4-1)40-29-41(31-14-5-2-6-15-31)48-46(47-40)32-22-25-34(26-23-32)49-42-20-9-7-16-36(42)37-27-24-33(28-43(37)49)35-18-11-19-39-38-17-8-10-21-44(38)50-45(35)39;1-3-12-26(13-4-1)34-25-35(27-14-5-2-6-15-27)42-40(41-34)43-36-20-9-7-16-30(36)33-24-28(22-23-37(33)43)29-18-11-19-32-31-17-8-10-21-38(31)44-39(29)32/h1-29H;1-25H. The molecule has 0 aliphatic carbocycles. The maximum Gasteiger partial charge on any atom is 0.235 e. The van der Waals surface area contributed by atoms with Crippen LogP contribution in [0.25, 0.3) is 174 Å². The number of para-hydroxylation sites is 2. The van der Waals surface area contributed by atoms with Gasteiger partial charge in [0.05, 0.1) is 44.8 Å². The molecule has 0 unspecified atom stereocenters. The normalized spacial score (nSPS) is 11.6. The van der Waals surface area contributed by atoms with Crippen molar-refractivity contribution in [3.05, 3.63) is 328 Å².